The number of amides is 2. The van der Waals surface area contributed by atoms with Gasteiger partial charge in [0.05, 0.1) is 17.7 Å². The fourth-order valence-corrected chi connectivity index (χ4v) is 1.38. The number of hydrogen-bond acceptors (Lipinski definition) is 5. The lowest BCUT2D eigenvalue weighted by molar-refractivity contribution is -0.142. The van der Waals surface area contributed by atoms with Crippen LogP contribution >= 0.6 is 0 Å². The van der Waals surface area contributed by atoms with Crippen molar-refractivity contribution in [3.05, 3.63) is 29.3 Å². The van der Waals surface area contributed by atoms with E-state index in [9.17, 15) is 9.59 Å². The lowest BCUT2D eigenvalue weighted by atomic mass is 10.1. The Bertz CT molecular complexity index is 616. The molecule has 0 radical (unpaired) electrons. The van der Waals surface area contributed by atoms with Crippen molar-refractivity contribution >= 4 is 17.7 Å². The van der Waals surface area contributed by atoms with Crippen molar-refractivity contribution in [1.82, 2.24) is 5.32 Å². The van der Waals surface area contributed by atoms with Gasteiger partial charge in [-0.1, -0.05) is 0 Å². The summed E-state index contributed by atoms with van der Waals surface area (Å²) in [7, 11) is 0. The molecule has 0 aliphatic carbocycles. The first-order valence-corrected chi connectivity index (χ1v) is 5.85. The number of carboxylic acid groups (broad SMARTS) is 1. The third-order valence-electron chi connectivity index (χ3n) is 2.28. The van der Waals surface area contributed by atoms with Gasteiger partial charge in [0.25, 0.3) is 0 Å². The number of ether oxygens (including phenoxy) is 1. The highest BCUT2D eigenvalue weighted by Crippen LogP contribution is 2.14. The summed E-state index contributed by atoms with van der Waals surface area (Å²) >= 11 is 0. The number of carboxylic acids is 1. The molecule has 0 saturated heterocycles. The van der Waals surface area contributed by atoms with Crippen molar-refractivity contribution in [2.75, 3.05) is 25.1 Å². The Balaban J connectivity index is 2.43. The monoisotopic (exact) mass is 288 g/mol. The SMILES string of the molecule is N#Cc1ccc(NC(=O)NCCOCC(=O)O)cc1C#N. The molecule has 1 aromatic carbocycles. The van der Waals surface area contributed by atoms with Gasteiger partial charge in [0.2, 0.25) is 0 Å². The van der Waals surface area contributed by atoms with Crippen LogP contribution in [0.3, 0.4) is 0 Å². The highest BCUT2D eigenvalue weighted by Gasteiger charge is 2.06. The van der Waals surface area contributed by atoms with Gasteiger partial charge in [-0.15, -0.1) is 0 Å². The Hall–Kier alpha value is -3.10. The Morgan fingerprint density at radius 2 is 1.95 bits per heavy atom. The molecule has 108 valence electrons. The predicted octanol–water partition coefficient (Wildman–Crippen LogP) is 0.653. The number of anilines is 1. The number of nitrogens with zero attached hydrogens (tertiary/aromatic N) is 2. The minimum atomic E-state index is -1.08. The van der Waals surface area contributed by atoms with E-state index in [0.29, 0.717) is 5.69 Å². The van der Waals surface area contributed by atoms with Crippen LogP contribution in [0.25, 0.3) is 0 Å². The van der Waals surface area contributed by atoms with E-state index in [1.54, 1.807) is 0 Å². The van der Waals surface area contributed by atoms with Crippen molar-refractivity contribution in [3.8, 4) is 12.1 Å². The maximum absolute atomic E-state index is 11.5. The summed E-state index contributed by atoms with van der Waals surface area (Å²) in [6.07, 6.45) is 0. The maximum Gasteiger partial charge on any atom is 0.329 e. The molecule has 2 amide bonds. The summed E-state index contributed by atoms with van der Waals surface area (Å²) < 4.78 is 4.74. The molecule has 0 saturated carbocycles. The molecule has 8 heteroatoms. The minimum Gasteiger partial charge on any atom is -0.480 e. The third kappa shape index (κ3) is 5.59. The smallest absolute Gasteiger partial charge is 0.329 e. The van der Waals surface area contributed by atoms with Crippen LogP contribution in [-0.4, -0.2) is 36.9 Å². The molecular weight excluding hydrogens is 276 g/mol. The Labute approximate surface area is 120 Å². The molecular formula is C13H12N4O4. The molecule has 21 heavy (non-hydrogen) atoms. The summed E-state index contributed by atoms with van der Waals surface area (Å²) in [5, 5.41) is 30.9. The van der Waals surface area contributed by atoms with Crippen molar-refractivity contribution in [2.24, 2.45) is 0 Å². The van der Waals surface area contributed by atoms with Crippen LogP contribution in [0.5, 0.6) is 0 Å². The second-order valence-electron chi connectivity index (χ2n) is 3.81. The molecule has 3 N–H and O–H groups in total. The van der Waals surface area contributed by atoms with Crippen LogP contribution in [0, 0.1) is 22.7 Å². The molecule has 0 aromatic heterocycles. The number of hydrogen-bond donors (Lipinski definition) is 3. The van der Waals surface area contributed by atoms with Gasteiger partial charge in [0, 0.05) is 12.2 Å². The standard InChI is InChI=1S/C13H12N4O4/c14-6-9-1-2-11(5-10(9)7-15)17-13(20)16-3-4-21-8-12(18)19/h1-2,5H,3-4,8H2,(H,18,19)(H2,16,17,20). The Kier molecular flexibility index (Phi) is 6.19. The fraction of sp³-hybridized carbons (Fsp3) is 0.231. The second-order valence-corrected chi connectivity index (χ2v) is 3.81. The first-order valence-electron chi connectivity index (χ1n) is 5.85. The van der Waals surface area contributed by atoms with Crippen LogP contribution in [0.2, 0.25) is 0 Å². The van der Waals surface area contributed by atoms with Gasteiger partial charge in [-0.2, -0.15) is 10.5 Å². The lowest BCUT2D eigenvalue weighted by Gasteiger charge is -2.08. The van der Waals surface area contributed by atoms with E-state index in [1.165, 1.54) is 18.2 Å². The molecule has 0 aliphatic rings. The molecule has 0 aliphatic heterocycles. The number of carbonyl (C=O) groups excluding carboxylic acids is 1. The van der Waals surface area contributed by atoms with Gasteiger partial charge in [-0.3, -0.25) is 0 Å². The summed E-state index contributed by atoms with van der Waals surface area (Å²) in [5.41, 5.74) is 0.764. The first kappa shape index (κ1) is 16.0. The number of carbonyl (C=O) groups is 2. The number of nitrogens with one attached hydrogen (secondary N) is 2. The van der Waals surface area contributed by atoms with E-state index in [2.05, 4.69) is 10.6 Å². The molecule has 0 unspecified atom stereocenters. The highest BCUT2D eigenvalue weighted by molar-refractivity contribution is 5.89. The Morgan fingerprint density at radius 1 is 1.24 bits per heavy atom. The van der Waals surface area contributed by atoms with Gasteiger partial charge in [-0.05, 0) is 18.2 Å². The molecule has 8 nitrogen and oxygen atoms in total. The number of rotatable bonds is 6. The van der Waals surface area contributed by atoms with E-state index < -0.39 is 18.6 Å². The number of nitriles is 2. The average Bonchev–Trinajstić information content (AvgIpc) is 2.46. The van der Waals surface area contributed by atoms with Gasteiger partial charge in [-0.25, -0.2) is 9.59 Å². The van der Waals surface area contributed by atoms with E-state index in [-0.39, 0.29) is 24.3 Å². The van der Waals surface area contributed by atoms with E-state index >= 15 is 0 Å². The van der Waals surface area contributed by atoms with Crippen LogP contribution in [-0.2, 0) is 9.53 Å². The molecule has 0 fully saturated rings. The summed E-state index contributed by atoms with van der Waals surface area (Å²) in [5.74, 6) is -1.08. The number of aliphatic carboxylic acids is 1. The zero-order valence-corrected chi connectivity index (χ0v) is 10.9. The van der Waals surface area contributed by atoms with E-state index in [1.807, 2.05) is 12.1 Å². The zero-order chi connectivity index (χ0) is 15.7. The summed E-state index contributed by atoms with van der Waals surface area (Å²) in [6.45, 7) is -0.221. The quantitative estimate of drug-likeness (QED) is 0.658. The van der Waals surface area contributed by atoms with Gasteiger partial charge in [0.1, 0.15) is 18.7 Å². The topological polar surface area (TPSA) is 135 Å². The maximum atomic E-state index is 11.5. The van der Waals surface area contributed by atoms with Crippen molar-refractivity contribution < 1.29 is 19.4 Å². The predicted molar refractivity (Wildman–Crippen MR) is 71.3 cm³/mol. The lowest BCUT2D eigenvalue weighted by Crippen LogP contribution is -2.32. The van der Waals surface area contributed by atoms with E-state index in [0.717, 1.165) is 0 Å². The molecule has 0 heterocycles. The Morgan fingerprint density at radius 3 is 2.57 bits per heavy atom. The second kappa shape index (κ2) is 8.15. The highest BCUT2D eigenvalue weighted by atomic mass is 16.5. The number of benzene rings is 1. The largest absolute Gasteiger partial charge is 0.480 e. The molecule has 0 bridgehead atoms. The summed E-state index contributed by atoms with van der Waals surface area (Å²) in [6, 6.07) is 7.53. The van der Waals surface area contributed by atoms with Crippen LogP contribution in [0.4, 0.5) is 10.5 Å². The van der Waals surface area contributed by atoms with Crippen molar-refractivity contribution in [2.45, 2.75) is 0 Å². The van der Waals surface area contributed by atoms with Gasteiger partial charge >= 0.3 is 12.0 Å². The molecule has 1 rings (SSSR count). The minimum absolute atomic E-state index is 0.0660. The van der Waals surface area contributed by atoms with Crippen LogP contribution < -0.4 is 10.6 Å². The van der Waals surface area contributed by atoms with Crippen molar-refractivity contribution in [1.29, 1.82) is 10.5 Å². The van der Waals surface area contributed by atoms with Gasteiger partial charge in [0.15, 0.2) is 0 Å². The number of urea groups is 1. The van der Waals surface area contributed by atoms with Gasteiger partial charge < -0.3 is 20.5 Å². The summed E-state index contributed by atoms with van der Waals surface area (Å²) in [4.78, 5) is 21.7. The van der Waals surface area contributed by atoms with E-state index in [4.69, 9.17) is 20.4 Å². The average molecular weight is 288 g/mol. The van der Waals surface area contributed by atoms with Crippen LogP contribution in [0.1, 0.15) is 11.1 Å². The first-order chi connectivity index (χ1) is 10.1. The molecule has 0 atom stereocenters. The third-order valence-corrected chi connectivity index (χ3v) is 2.28. The molecule has 1 aromatic rings. The normalized spacial score (nSPS) is 9.24. The zero-order valence-electron chi connectivity index (χ0n) is 10.9. The fourth-order valence-electron chi connectivity index (χ4n) is 1.38. The molecule has 0 spiro atoms. The van der Waals surface area contributed by atoms with Crippen LogP contribution in [0.15, 0.2) is 18.2 Å². The van der Waals surface area contributed by atoms with Crippen molar-refractivity contribution in [3.63, 3.8) is 0 Å².